The molecule has 11 heteroatoms. The van der Waals surface area contributed by atoms with E-state index < -0.39 is 10.0 Å². The molecule has 0 N–H and O–H groups in total. The first kappa shape index (κ1) is 23.4. The molecule has 2 aliphatic rings. The van der Waals surface area contributed by atoms with Gasteiger partial charge in [0.2, 0.25) is 15.9 Å². The summed E-state index contributed by atoms with van der Waals surface area (Å²) in [5.41, 5.74) is 0.527. The van der Waals surface area contributed by atoms with E-state index in [2.05, 4.69) is 20.9 Å². The van der Waals surface area contributed by atoms with E-state index in [0.29, 0.717) is 43.9 Å². The van der Waals surface area contributed by atoms with Crippen LogP contribution in [0.1, 0.15) is 24.8 Å². The lowest BCUT2D eigenvalue weighted by Crippen LogP contribution is -2.45. The number of hydrogen-bond acceptors (Lipinski definition) is 7. The third-order valence-corrected chi connectivity index (χ3v) is 8.50. The Labute approximate surface area is 198 Å². The quantitative estimate of drug-likeness (QED) is 0.606. The van der Waals surface area contributed by atoms with Crippen LogP contribution in [0.5, 0.6) is 0 Å². The minimum absolute atomic E-state index is 0.00434. The third kappa shape index (κ3) is 4.95. The predicted molar refractivity (Wildman–Crippen MR) is 123 cm³/mol. The van der Waals surface area contributed by atoms with Gasteiger partial charge < -0.3 is 9.80 Å². The number of pyridine rings is 2. The first-order chi connectivity index (χ1) is 15.9. The average molecular weight is 489 g/mol. The van der Waals surface area contributed by atoms with Gasteiger partial charge in [0, 0.05) is 57.6 Å². The van der Waals surface area contributed by atoms with E-state index in [4.69, 9.17) is 11.6 Å². The monoisotopic (exact) mass is 488 g/mol. The summed E-state index contributed by atoms with van der Waals surface area (Å²) in [6.07, 6.45) is 4.83. The van der Waals surface area contributed by atoms with E-state index in [-0.39, 0.29) is 35.0 Å². The van der Waals surface area contributed by atoms with E-state index in [1.165, 1.54) is 16.6 Å². The second-order valence-corrected chi connectivity index (χ2v) is 10.4. The van der Waals surface area contributed by atoms with Gasteiger partial charge in [0.05, 0.1) is 5.56 Å². The van der Waals surface area contributed by atoms with Crippen molar-refractivity contribution in [2.45, 2.75) is 24.2 Å². The maximum absolute atomic E-state index is 13.2. The van der Waals surface area contributed by atoms with Gasteiger partial charge in [0.25, 0.3) is 0 Å². The summed E-state index contributed by atoms with van der Waals surface area (Å²) in [6, 6.07) is 8.66. The molecule has 4 heterocycles. The van der Waals surface area contributed by atoms with E-state index in [1.54, 1.807) is 24.4 Å². The molecule has 0 radical (unpaired) electrons. The Balaban J connectivity index is 1.36. The molecular weight excluding hydrogens is 464 g/mol. The summed E-state index contributed by atoms with van der Waals surface area (Å²) in [5, 5.41) is 9.31. The van der Waals surface area contributed by atoms with E-state index in [0.717, 1.165) is 13.0 Å². The van der Waals surface area contributed by atoms with Crippen molar-refractivity contribution in [3.05, 3.63) is 47.4 Å². The van der Waals surface area contributed by atoms with Crippen LogP contribution in [-0.2, 0) is 14.8 Å². The SMILES string of the molecule is N#Cc1cccnc1N1CCCN(C(=O)C2CCN(S(=O)(=O)c3cccnc3Cl)CC2)CC1. The van der Waals surface area contributed by atoms with Crippen LogP contribution in [0.15, 0.2) is 41.6 Å². The highest BCUT2D eigenvalue weighted by Gasteiger charge is 2.35. The van der Waals surface area contributed by atoms with Crippen LogP contribution in [0.2, 0.25) is 5.15 Å². The van der Waals surface area contributed by atoms with Crippen molar-refractivity contribution >= 4 is 33.3 Å². The molecule has 2 aromatic heterocycles. The second-order valence-electron chi connectivity index (χ2n) is 8.12. The van der Waals surface area contributed by atoms with Crippen molar-refractivity contribution in [2.75, 3.05) is 44.2 Å². The molecule has 0 saturated carbocycles. The summed E-state index contributed by atoms with van der Waals surface area (Å²) in [5.74, 6) is 0.508. The number of carbonyl (C=O) groups excluding carboxylic acids is 1. The van der Waals surface area contributed by atoms with Crippen LogP contribution < -0.4 is 4.90 Å². The van der Waals surface area contributed by atoms with E-state index in [1.807, 2.05) is 4.90 Å². The average Bonchev–Trinajstić information content (AvgIpc) is 3.10. The van der Waals surface area contributed by atoms with Gasteiger partial charge in [0.1, 0.15) is 21.9 Å². The van der Waals surface area contributed by atoms with Crippen LogP contribution >= 0.6 is 11.6 Å². The van der Waals surface area contributed by atoms with Gasteiger partial charge in [-0.1, -0.05) is 11.6 Å². The molecule has 0 unspecified atom stereocenters. The van der Waals surface area contributed by atoms with Gasteiger partial charge in [-0.15, -0.1) is 0 Å². The number of rotatable bonds is 4. The summed E-state index contributed by atoms with van der Waals surface area (Å²) >= 11 is 6.00. The molecule has 4 rings (SSSR count). The smallest absolute Gasteiger partial charge is 0.246 e. The number of halogens is 1. The summed E-state index contributed by atoms with van der Waals surface area (Å²) in [7, 11) is -3.74. The molecule has 0 aliphatic carbocycles. The third-order valence-electron chi connectivity index (χ3n) is 6.16. The van der Waals surface area contributed by atoms with Crippen molar-refractivity contribution in [3.8, 4) is 6.07 Å². The lowest BCUT2D eigenvalue weighted by Gasteiger charge is -2.33. The highest BCUT2D eigenvalue weighted by molar-refractivity contribution is 7.89. The maximum atomic E-state index is 13.2. The van der Waals surface area contributed by atoms with Gasteiger partial charge in [-0.05, 0) is 43.5 Å². The minimum atomic E-state index is -3.74. The molecule has 2 aromatic rings. The number of carbonyl (C=O) groups is 1. The van der Waals surface area contributed by atoms with Crippen molar-refractivity contribution < 1.29 is 13.2 Å². The first-order valence-corrected chi connectivity index (χ1v) is 12.7. The Bertz CT molecular complexity index is 1160. The highest BCUT2D eigenvalue weighted by Crippen LogP contribution is 2.28. The van der Waals surface area contributed by atoms with Crippen LogP contribution in [-0.4, -0.2) is 72.8 Å². The second kappa shape index (κ2) is 10.0. The van der Waals surface area contributed by atoms with Gasteiger partial charge in [-0.2, -0.15) is 9.57 Å². The molecule has 9 nitrogen and oxygen atoms in total. The number of piperidine rings is 1. The molecular formula is C22H25ClN6O3S. The molecule has 2 aliphatic heterocycles. The zero-order valence-corrected chi connectivity index (χ0v) is 19.7. The normalized spacial score (nSPS) is 18.5. The van der Waals surface area contributed by atoms with Crippen molar-refractivity contribution in [1.82, 2.24) is 19.2 Å². The summed E-state index contributed by atoms with van der Waals surface area (Å²) < 4.78 is 27.2. The predicted octanol–water partition coefficient (Wildman–Crippen LogP) is 2.14. The molecule has 2 saturated heterocycles. The standard InChI is InChI=1S/C22H25ClN6O3S/c23-20-19(5-2-8-25-20)33(31,32)29-12-6-17(7-13-29)22(30)28-11-3-10-27(14-15-28)21-18(16-24)4-1-9-26-21/h1-2,4-5,8-9,17H,3,6-7,10-15H2. The minimum Gasteiger partial charge on any atom is -0.354 e. The zero-order chi connectivity index (χ0) is 23.4. The number of nitriles is 1. The molecule has 0 atom stereocenters. The van der Waals surface area contributed by atoms with Gasteiger partial charge in [-0.3, -0.25) is 4.79 Å². The Morgan fingerprint density at radius 2 is 1.76 bits per heavy atom. The first-order valence-electron chi connectivity index (χ1n) is 10.9. The lowest BCUT2D eigenvalue weighted by molar-refractivity contribution is -0.136. The number of amides is 1. The molecule has 0 bridgehead atoms. The van der Waals surface area contributed by atoms with Crippen LogP contribution in [0.3, 0.4) is 0 Å². The van der Waals surface area contributed by atoms with E-state index in [9.17, 15) is 18.5 Å². The Hall–Kier alpha value is -2.74. The number of aromatic nitrogens is 2. The van der Waals surface area contributed by atoms with E-state index >= 15 is 0 Å². The van der Waals surface area contributed by atoms with Crippen LogP contribution in [0.25, 0.3) is 0 Å². The number of hydrogen-bond donors (Lipinski definition) is 0. The summed E-state index contributed by atoms with van der Waals surface area (Å²) in [6.45, 7) is 3.03. The van der Waals surface area contributed by atoms with Gasteiger partial charge in [-0.25, -0.2) is 18.4 Å². The zero-order valence-electron chi connectivity index (χ0n) is 18.1. The van der Waals surface area contributed by atoms with Crippen LogP contribution in [0.4, 0.5) is 5.82 Å². The molecule has 0 spiro atoms. The molecule has 1 amide bonds. The fourth-order valence-electron chi connectivity index (χ4n) is 4.39. The molecule has 33 heavy (non-hydrogen) atoms. The number of sulfonamides is 1. The Morgan fingerprint density at radius 1 is 1.03 bits per heavy atom. The summed E-state index contributed by atoms with van der Waals surface area (Å²) in [4.78, 5) is 25.3. The number of anilines is 1. The van der Waals surface area contributed by atoms with Gasteiger partial charge >= 0.3 is 0 Å². The van der Waals surface area contributed by atoms with Crippen LogP contribution in [0, 0.1) is 17.2 Å². The van der Waals surface area contributed by atoms with Crippen molar-refractivity contribution in [3.63, 3.8) is 0 Å². The molecule has 174 valence electrons. The molecule has 0 aromatic carbocycles. The van der Waals surface area contributed by atoms with Gasteiger partial charge in [0.15, 0.2) is 0 Å². The highest BCUT2D eigenvalue weighted by atomic mass is 35.5. The Kier molecular flexibility index (Phi) is 7.12. The number of nitrogens with zero attached hydrogens (tertiary/aromatic N) is 6. The van der Waals surface area contributed by atoms with Crippen molar-refractivity contribution in [2.24, 2.45) is 5.92 Å². The largest absolute Gasteiger partial charge is 0.354 e. The molecule has 2 fully saturated rings. The topological polar surface area (TPSA) is 111 Å². The lowest BCUT2D eigenvalue weighted by atomic mass is 9.96. The Morgan fingerprint density at radius 3 is 2.48 bits per heavy atom. The fraction of sp³-hybridized carbons (Fsp3) is 0.455. The van der Waals surface area contributed by atoms with Crippen molar-refractivity contribution in [1.29, 1.82) is 5.26 Å². The fourth-order valence-corrected chi connectivity index (χ4v) is 6.29. The maximum Gasteiger partial charge on any atom is 0.246 e.